The minimum Gasteiger partial charge on any atom is -0.438 e. The zero-order valence-electron chi connectivity index (χ0n) is 25.2. The number of carbonyl (C=O) groups is 3. The van der Waals surface area contributed by atoms with Gasteiger partial charge in [0.2, 0.25) is 19.5 Å². The molecule has 1 aromatic heterocycles. The van der Waals surface area contributed by atoms with Crippen LogP contribution in [-0.4, -0.2) is 31.4 Å². The number of thiophene rings is 1. The van der Waals surface area contributed by atoms with E-state index in [0.29, 0.717) is 21.5 Å². The lowest BCUT2D eigenvalue weighted by Gasteiger charge is -2.27. The Hall–Kier alpha value is -3.52. The summed E-state index contributed by atoms with van der Waals surface area (Å²) in [5, 5.41) is 14.5. The van der Waals surface area contributed by atoms with E-state index in [1.165, 1.54) is 23.6 Å². The van der Waals surface area contributed by atoms with Gasteiger partial charge in [0.1, 0.15) is 0 Å². The number of ether oxygens (including phenoxy) is 2. The van der Waals surface area contributed by atoms with Crippen molar-refractivity contribution in [2.24, 2.45) is 10.8 Å². The Morgan fingerprint density at radius 1 is 1.00 bits per heavy atom. The lowest BCUT2D eigenvalue weighted by atomic mass is 9.98. The van der Waals surface area contributed by atoms with Crippen LogP contribution in [0, 0.1) is 22.2 Å². The Kier molecular flexibility index (Phi) is 11.5. The van der Waals surface area contributed by atoms with E-state index in [0.717, 1.165) is 4.70 Å². The number of benzene rings is 2. The average molecular weight is 661 g/mol. The van der Waals surface area contributed by atoms with Crippen molar-refractivity contribution in [2.45, 2.75) is 47.2 Å². The Labute approximate surface area is 265 Å². The van der Waals surface area contributed by atoms with Gasteiger partial charge in [0.25, 0.3) is 0 Å². The molecule has 0 aliphatic rings. The molecule has 0 saturated carbocycles. The van der Waals surface area contributed by atoms with Gasteiger partial charge in [-0.3, -0.25) is 28.0 Å². The zero-order valence-corrected chi connectivity index (χ0v) is 27.7. The van der Waals surface area contributed by atoms with Crippen molar-refractivity contribution >= 4 is 64.5 Å². The molecule has 0 radical (unpaired) electrons. The Morgan fingerprint density at radius 2 is 1.59 bits per heavy atom. The lowest BCUT2D eigenvalue weighted by Crippen LogP contribution is -2.29. The third-order valence-electron chi connectivity index (χ3n) is 6.06. The van der Waals surface area contributed by atoms with Crippen LogP contribution in [0.2, 0.25) is 5.02 Å². The summed E-state index contributed by atoms with van der Waals surface area (Å²) in [5.41, 5.74) is -2.21. The van der Waals surface area contributed by atoms with Crippen LogP contribution in [0.4, 0.5) is 0 Å². The second-order valence-corrected chi connectivity index (χ2v) is 15.1. The van der Waals surface area contributed by atoms with Gasteiger partial charge in [-0.25, -0.2) is 0 Å². The third-order valence-corrected chi connectivity index (χ3v) is 9.36. The molecule has 10 nitrogen and oxygen atoms in total. The summed E-state index contributed by atoms with van der Waals surface area (Å²) >= 11 is 7.55. The molecule has 1 heterocycles. The Balaban J connectivity index is 2.04. The number of halogens is 1. The van der Waals surface area contributed by atoms with E-state index in [2.05, 4.69) is 11.4 Å². The van der Waals surface area contributed by atoms with Crippen molar-refractivity contribution in [1.82, 2.24) is 5.32 Å². The van der Waals surface area contributed by atoms with Crippen LogP contribution in [0.3, 0.4) is 0 Å². The average Bonchev–Trinajstić information content (AvgIpc) is 3.34. The second-order valence-electron chi connectivity index (χ2n) is 11.7. The molecule has 1 N–H and O–H groups in total. The molecule has 0 bridgehead atoms. The van der Waals surface area contributed by atoms with Crippen molar-refractivity contribution in [3.63, 3.8) is 0 Å². The van der Waals surface area contributed by atoms with Gasteiger partial charge in [0, 0.05) is 15.9 Å². The molecule has 3 rings (SSSR count). The van der Waals surface area contributed by atoms with Crippen LogP contribution in [-0.2, 0) is 37.5 Å². The summed E-state index contributed by atoms with van der Waals surface area (Å²) in [7, 11) is -4.63. The summed E-state index contributed by atoms with van der Waals surface area (Å²) in [6.45, 7) is 8.17. The Morgan fingerprint density at radius 3 is 2.16 bits per heavy atom. The first-order valence-electron chi connectivity index (χ1n) is 13.4. The number of hydrogen-bond acceptors (Lipinski definition) is 10. The molecule has 2 aromatic carbocycles. The monoisotopic (exact) mass is 660 g/mol. The second kappa shape index (κ2) is 14.5. The van der Waals surface area contributed by atoms with E-state index in [1.807, 2.05) is 0 Å². The fourth-order valence-corrected chi connectivity index (χ4v) is 6.58. The number of carbonyl (C=O) groups excluding carboxylic acids is 3. The van der Waals surface area contributed by atoms with Crippen molar-refractivity contribution in [1.29, 1.82) is 5.26 Å². The molecule has 0 aliphatic carbocycles. The van der Waals surface area contributed by atoms with Gasteiger partial charge in [-0.15, -0.1) is 11.3 Å². The predicted molar refractivity (Wildman–Crippen MR) is 169 cm³/mol. The first-order chi connectivity index (χ1) is 20.6. The van der Waals surface area contributed by atoms with Gasteiger partial charge >= 0.3 is 19.5 Å². The van der Waals surface area contributed by atoms with Crippen LogP contribution < -0.4 is 5.32 Å². The molecule has 0 saturated heterocycles. The normalized spacial score (nSPS) is 13.0. The molecule has 0 aliphatic heterocycles. The molecule has 0 fully saturated rings. The van der Waals surface area contributed by atoms with Crippen LogP contribution in [0.15, 0.2) is 54.0 Å². The van der Waals surface area contributed by atoms with Crippen molar-refractivity contribution in [3.05, 3.63) is 75.8 Å². The van der Waals surface area contributed by atoms with Gasteiger partial charge in [-0.05, 0) is 93.8 Å². The van der Waals surface area contributed by atoms with Crippen molar-refractivity contribution < 1.29 is 37.5 Å². The van der Waals surface area contributed by atoms with Crippen LogP contribution in [0.5, 0.6) is 0 Å². The topological polar surface area (TPSA) is 141 Å². The standard InChI is InChI=1S/C31H34ClN2O8PS/c1-30(2,3)28(36)39-18-41-43(38,42-19-40-29(37)31(4,5)6)26(24-17-44-25-12-11-22(32)15-23(24)25)27(35)34-14-13-20-9-7-8-10-21(20)16-33/h7-15,17,26H,18-19H2,1-6H3,(H,34,35). The largest absolute Gasteiger partial charge is 0.438 e. The van der Waals surface area contributed by atoms with Gasteiger partial charge in [0.05, 0.1) is 22.5 Å². The summed E-state index contributed by atoms with van der Waals surface area (Å²) < 4.78 is 36.9. The fraction of sp³-hybridized carbons (Fsp3) is 0.355. The minimum absolute atomic E-state index is 0.267. The summed E-state index contributed by atoms with van der Waals surface area (Å²) in [6, 6.07) is 13.9. The molecular weight excluding hydrogens is 627 g/mol. The number of nitriles is 1. The number of rotatable bonds is 11. The van der Waals surface area contributed by atoms with E-state index < -0.39 is 55.5 Å². The number of fused-ring (bicyclic) bond motifs is 1. The van der Waals surface area contributed by atoms with Gasteiger partial charge in [-0.1, -0.05) is 29.8 Å². The summed E-state index contributed by atoms with van der Waals surface area (Å²) in [4.78, 5) is 38.7. The van der Waals surface area contributed by atoms with Gasteiger partial charge in [-0.2, -0.15) is 5.26 Å². The van der Waals surface area contributed by atoms with Crippen molar-refractivity contribution in [2.75, 3.05) is 13.6 Å². The van der Waals surface area contributed by atoms with E-state index in [-0.39, 0.29) is 5.56 Å². The number of esters is 2. The maximum atomic E-state index is 14.6. The quantitative estimate of drug-likeness (QED) is 0.125. The molecule has 13 heteroatoms. The molecule has 234 valence electrons. The SMILES string of the molecule is CC(C)(C)C(=O)OCOP(=O)(OCOC(=O)C(C)(C)C)C(C(=O)NC=Cc1ccccc1C#N)c1csc2ccc(Cl)cc12. The van der Waals surface area contributed by atoms with E-state index in [4.69, 9.17) is 30.1 Å². The first-order valence-corrected chi connectivity index (χ1v) is 16.3. The maximum Gasteiger partial charge on any atom is 0.353 e. The fourth-order valence-electron chi connectivity index (χ4n) is 3.65. The van der Waals surface area contributed by atoms with Gasteiger partial charge in [0.15, 0.2) is 5.66 Å². The highest BCUT2D eigenvalue weighted by Gasteiger charge is 2.45. The number of nitrogens with zero attached hydrogens (tertiary/aromatic N) is 1. The summed E-state index contributed by atoms with van der Waals surface area (Å²) in [5.74, 6) is -2.09. The van der Waals surface area contributed by atoms with Gasteiger partial charge < -0.3 is 14.8 Å². The van der Waals surface area contributed by atoms with Crippen LogP contribution >= 0.6 is 30.5 Å². The first kappa shape index (κ1) is 35.0. The molecule has 1 unspecified atom stereocenters. The van der Waals surface area contributed by atoms with Crippen LogP contribution in [0.1, 0.15) is 63.9 Å². The Bertz CT molecular complexity index is 1610. The molecular formula is C31H34ClN2O8PS. The molecule has 1 amide bonds. The number of hydrogen-bond donors (Lipinski definition) is 1. The van der Waals surface area contributed by atoms with Crippen LogP contribution in [0.25, 0.3) is 16.2 Å². The maximum absolute atomic E-state index is 14.6. The number of nitrogens with one attached hydrogen (secondary N) is 1. The minimum atomic E-state index is -4.63. The molecule has 44 heavy (non-hydrogen) atoms. The molecule has 0 spiro atoms. The predicted octanol–water partition coefficient (Wildman–Crippen LogP) is 7.57. The van der Waals surface area contributed by atoms with Crippen molar-refractivity contribution in [3.8, 4) is 6.07 Å². The smallest absolute Gasteiger partial charge is 0.353 e. The van der Waals surface area contributed by atoms with E-state index >= 15 is 0 Å². The highest BCUT2D eigenvalue weighted by Crippen LogP contribution is 2.62. The molecule has 1 atom stereocenters. The highest BCUT2D eigenvalue weighted by atomic mass is 35.5. The third kappa shape index (κ3) is 9.00. The molecule has 3 aromatic rings. The van der Waals surface area contributed by atoms with E-state index in [1.54, 1.807) is 89.4 Å². The van der Waals surface area contributed by atoms with E-state index in [9.17, 15) is 24.2 Å². The lowest BCUT2D eigenvalue weighted by molar-refractivity contribution is -0.162. The highest BCUT2D eigenvalue weighted by molar-refractivity contribution is 7.55. The summed E-state index contributed by atoms with van der Waals surface area (Å²) in [6.07, 6.45) is 2.82. The number of amides is 1. The zero-order chi connectivity index (χ0) is 32.7.